The lowest BCUT2D eigenvalue weighted by molar-refractivity contribution is 0.236. The minimum absolute atomic E-state index is 0.0832. The van der Waals surface area contributed by atoms with E-state index in [0.717, 1.165) is 0 Å². The number of nitrogens with one attached hydrogen (secondary N) is 3. The van der Waals surface area contributed by atoms with Crippen molar-refractivity contribution in [2.75, 3.05) is 18.8 Å². The Hall–Kier alpha value is -0.820. The van der Waals surface area contributed by atoms with Crippen molar-refractivity contribution >= 4 is 16.1 Å². The highest BCUT2D eigenvalue weighted by Gasteiger charge is 2.28. The van der Waals surface area contributed by atoms with E-state index in [1.807, 2.05) is 6.92 Å². The van der Waals surface area contributed by atoms with Gasteiger partial charge in [0.05, 0.1) is 5.75 Å². The van der Waals surface area contributed by atoms with Gasteiger partial charge in [-0.3, -0.25) is 0 Å². The Labute approximate surface area is 109 Å². The van der Waals surface area contributed by atoms with Gasteiger partial charge in [0.15, 0.2) is 0 Å². The predicted octanol–water partition coefficient (Wildman–Crippen LogP) is 0.414. The molecule has 6 nitrogen and oxygen atoms in total. The largest absolute Gasteiger partial charge is 0.338 e. The lowest BCUT2D eigenvalue weighted by Crippen LogP contribution is -2.42. The van der Waals surface area contributed by atoms with Crippen molar-refractivity contribution in [1.29, 1.82) is 0 Å². The van der Waals surface area contributed by atoms with E-state index < -0.39 is 10.0 Å². The highest BCUT2D eigenvalue weighted by atomic mass is 32.2. The topological polar surface area (TPSA) is 87.3 Å². The molecule has 1 fully saturated rings. The zero-order valence-corrected chi connectivity index (χ0v) is 11.8. The zero-order valence-electron chi connectivity index (χ0n) is 11.0. The summed E-state index contributed by atoms with van der Waals surface area (Å²) in [5.74, 6) is 0.715. The van der Waals surface area contributed by atoms with E-state index in [0.29, 0.717) is 25.4 Å². The summed E-state index contributed by atoms with van der Waals surface area (Å²) in [6.45, 7) is 4.42. The number of sulfonamides is 1. The van der Waals surface area contributed by atoms with Crippen molar-refractivity contribution < 1.29 is 13.2 Å². The smallest absolute Gasteiger partial charge is 0.315 e. The summed E-state index contributed by atoms with van der Waals surface area (Å²) in [5.41, 5.74) is 0. The zero-order chi connectivity index (χ0) is 13.6. The van der Waals surface area contributed by atoms with Crippen LogP contribution in [0.25, 0.3) is 0 Å². The van der Waals surface area contributed by atoms with E-state index in [4.69, 9.17) is 0 Å². The lowest BCUT2D eigenvalue weighted by atomic mass is 10.2. The summed E-state index contributed by atoms with van der Waals surface area (Å²) in [6, 6.07) is 0.0522. The number of hydrogen-bond acceptors (Lipinski definition) is 3. The van der Waals surface area contributed by atoms with E-state index in [1.54, 1.807) is 6.92 Å². The third-order valence-electron chi connectivity index (χ3n) is 3.03. The number of urea groups is 1. The summed E-state index contributed by atoms with van der Waals surface area (Å²) in [6.07, 6.45) is 2.98. The number of carbonyl (C=O) groups is 1. The van der Waals surface area contributed by atoms with Crippen molar-refractivity contribution in [3.05, 3.63) is 0 Å². The molecule has 0 saturated heterocycles. The average molecular weight is 277 g/mol. The Morgan fingerprint density at radius 2 is 2.00 bits per heavy atom. The summed E-state index contributed by atoms with van der Waals surface area (Å²) in [4.78, 5) is 11.4. The van der Waals surface area contributed by atoms with Crippen LogP contribution in [0.3, 0.4) is 0 Å². The fourth-order valence-electron chi connectivity index (χ4n) is 1.59. The van der Waals surface area contributed by atoms with Gasteiger partial charge in [-0.1, -0.05) is 0 Å². The van der Waals surface area contributed by atoms with Crippen LogP contribution in [0, 0.1) is 5.92 Å². The molecule has 3 N–H and O–H groups in total. The van der Waals surface area contributed by atoms with Gasteiger partial charge in [0.2, 0.25) is 10.0 Å². The Kier molecular flexibility index (Phi) is 5.87. The van der Waals surface area contributed by atoms with E-state index in [9.17, 15) is 13.2 Å². The van der Waals surface area contributed by atoms with Crippen molar-refractivity contribution in [2.24, 2.45) is 5.92 Å². The minimum atomic E-state index is -3.12. The molecule has 1 unspecified atom stereocenters. The molecule has 0 aromatic rings. The molecule has 0 spiro atoms. The molecule has 106 valence electrons. The molecule has 2 amide bonds. The third kappa shape index (κ3) is 6.20. The maximum Gasteiger partial charge on any atom is 0.315 e. The molecule has 0 bridgehead atoms. The second kappa shape index (κ2) is 6.94. The standard InChI is InChI=1S/C11H23N3O3S/c1-3-18(16,17)13-8-4-7-12-11(15)14-9(2)10-5-6-10/h9-10,13H,3-8H2,1-2H3,(H2,12,14,15). The summed E-state index contributed by atoms with van der Waals surface area (Å²) >= 11 is 0. The molecule has 1 saturated carbocycles. The van der Waals surface area contributed by atoms with Crippen molar-refractivity contribution in [2.45, 2.75) is 39.2 Å². The van der Waals surface area contributed by atoms with E-state index in [-0.39, 0.29) is 17.8 Å². The first kappa shape index (κ1) is 15.2. The van der Waals surface area contributed by atoms with Crippen LogP contribution in [-0.4, -0.2) is 39.3 Å². The molecule has 1 rings (SSSR count). The van der Waals surface area contributed by atoms with Crippen LogP contribution in [0.15, 0.2) is 0 Å². The summed E-state index contributed by atoms with van der Waals surface area (Å²) < 4.78 is 24.7. The number of hydrogen-bond donors (Lipinski definition) is 3. The molecule has 0 radical (unpaired) electrons. The molecule has 7 heteroatoms. The fourth-order valence-corrected chi connectivity index (χ4v) is 2.25. The Morgan fingerprint density at radius 3 is 2.56 bits per heavy atom. The molecule has 1 aliphatic rings. The Morgan fingerprint density at radius 1 is 1.33 bits per heavy atom. The molecular weight excluding hydrogens is 254 g/mol. The normalized spacial score (nSPS) is 17.2. The van der Waals surface area contributed by atoms with Gasteiger partial charge in [0.25, 0.3) is 0 Å². The van der Waals surface area contributed by atoms with Gasteiger partial charge in [-0.15, -0.1) is 0 Å². The highest BCUT2D eigenvalue weighted by Crippen LogP contribution is 2.32. The molecule has 18 heavy (non-hydrogen) atoms. The van der Waals surface area contributed by atoms with Gasteiger partial charge in [0.1, 0.15) is 0 Å². The third-order valence-corrected chi connectivity index (χ3v) is 4.43. The molecular formula is C11H23N3O3S. The van der Waals surface area contributed by atoms with Gasteiger partial charge in [-0.05, 0) is 39.0 Å². The average Bonchev–Trinajstić information content (AvgIpc) is 3.12. The lowest BCUT2D eigenvalue weighted by Gasteiger charge is -2.13. The molecule has 1 aliphatic carbocycles. The van der Waals surface area contributed by atoms with Crippen LogP contribution in [0.2, 0.25) is 0 Å². The van der Waals surface area contributed by atoms with Crippen LogP contribution >= 0.6 is 0 Å². The first-order valence-corrected chi connectivity index (χ1v) is 8.11. The van der Waals surface area contributed by atoms with Gasteiger partial charge in [0, 0.05) is 19.1 Å². The van der Waals surface area contributed by atoms with Crippen molar-refractivity contribution in [3.63, 3.8) is 0 Å². The number of carbonyl (C=O) groups excluding carboxylic acids is 1. The van der Waals surface area contributed by atoms with Crippen molar-refractivity contribution in [3.8, 4) is 0 Å². The molecule has 0 aromatic carbocycles. The van der Waals surface area contributed by atoms with E-state index in [2.05, 4.69) is 15.4 Å². The van der Waals surface area contributed by atoms with Crippen LogP contribution in [0.1, 0.15) is 33.1 Å². The van der Waals surface area contributed by atoms with E-state index >= 15 is 0 Å². The van der Waals surface area contributed by atoms with Gasteiger partial charge in [-0.25, -0.2) is 17.9 Å². The molecule has 1 atom stereocenters. The maximum absolute atomic E-state index is 11.4. The first-order chi connectivity index (χ1) is 8.44. The predicted molar refractivity (Wildman–Crippen MR) is 70.8 cm³/mol. The van der Waals surface area contributed by atoms with Crippen LogP contribution < -0.4 is 15.4 Å². The Bertz CT molecular complexity index is 366. The van der Waals surface area contributed by atoms with Crippen LogP contribution in [0.5, 0.6) is 0 Å². The van der Waals surface area contributed by atoms with Crippen LogP contribution in [0.4, 0.5) is 4.79 Å². The molecule has 0 aromatic heterocycles. The van der Waals surface area contributed by atoms with Gasteiger partial charge >= 0.3 is 6.03 Å². The second-order valence-electron chi connectivity index (χ2n) is 4.68. The first-order valence-electron chi connectivity index (χ1n) is 6.46. The van der Waals surface area contributed by atoms with Gasteiger partial charge < -0.3 is 10.6 Å². The minimum Gasteiger partial charge on any atom is -0.338 e. The monoisotopic (exact) mass is 277 g/mol. The van der Waals surface area contributed by atoms with Gasteiger partial charge in [-0.2, -0.15) is 0 Å². The summed E-state index contributed by atoms with van der Waals surface area (Å²) in [5, 5.41) is 5.59. The number of amides is 2. The van der Waals surface area contributed by atoms with Crippen LogP contribution in [-0.2, 0) is 10.0 Å². The quantitative estimate of drug-likeness (QED) is 0.562. The SMILES string of the molecule is CCS(=O)(=O)NCCCNC(=O)NC(C)C1CC1. The maximum atomic E-state index is 11.4. The van der Waals surface area contributed by atoms with Crippen molar-refractivity contribution in [1.82, 2.24) is 15.4 Å². The Balaban J connectivity index is 2.01. The fraction of sp³-hybridized carbons (Fsp3) is 0.909. The summed E-state index contributed by atoms with van der Waals surface area (Å²) in [7, 11) is -3.12. The molecule has 0 aliphatic heterocycles. The van der Waals surface area contributed by atoms with E-state index in [1.165, 1.54) is 12.8 Å². The highest BCUT2D eigenvalue weighted by molar-refractivity contribution is 7.89. The molecule has 0 heterocycles. The number of rotatable bonds is 8. The second-order valence-corrected chi connectivity index (χ2v) is 6.77.